The van der Waals surface area contributed by atoms with Gasteiger partial charge in [0.2, 0.25) is 15.9 Å². The Morgan fingerprint density at radius 1 is 1.08 bits per heavy atom. The number of hydrogen-bond donors (Lipinski definition) is 2. The lowest BCUT2D eigenvalue weighted by molar-refractivity contribution is -0.147. The van der Waals surface area contributed by atoms with E-state index in [1.54, 1.807) is 13.8 Å². The number of hydrogen-bond acceptors (Lipinski definition) is 4. The van der Waals surface area contributed by atoms with Gasteiger partial charge < -0.3 is 10.4 Å². The van der Waals surface area contributed by atoms with Crippen molar-refractivity contribution in [2.45, 2.75) is 44.4 Å². The molecule has 7 nitrogen and oxygen atoms in total. The molecule has 1 aliphatic carbocycles. The number of amides is 1. The standard InChI is InChI=1S/C18H26N2O5S/c1-3-20(4-2)26(24,25)14-11-9-13(10-12-14)19-17(21)15-7-5-6-8-16(15)18(22)23/h9-12,15-16H,3-8H2,1-2H3,(H,19,21)(H,22,23)/t15-,16+/m0/s1. The fourth-order valence-electron chi connectivity index (χ4n) is 3.40. The summed E-state index contributed by atoms with van der Waals surface area (Å²) in [6, 6.07) is 5.98. The Morgan fingerprint density at radius 3 is 2.12 bits per heavy atom. The number of carbonyl (C=O) groups is 2. The number of aliphatic carboxylic acids is 1. The van der Waals surface area contributed by atoms with Crippen molar-refractivity contribution in [1.82, 2.24) is 4.31 Å². The van der Waals surface area contributed by atoms with Gasteiger partial charge in [-0.2, -0.15) is 4.31 Å². The molecule has 1 aromatic carbocycles. The number of rotatable bonds is 7. The van der Waals surface area contributed by atoms with Gasteiger partial charge >= 0.3 is 5.97 Å². The van der Waals surface area contributed by atoms with Gasteiger partial charge in [-0.05, 0) is 37.1 Å². The summed E-state index contributed by atoms with van der Waals surface area (Å²) in [4.78, 5) is 24.0. The van der Waals surface area contributed by atoms with Gasteiger partial charge in [-0.3, -0.25) is 9.59 Å². The summed E-state index contributed by atoms with van der Waals surface area (Å²) in [5.74, 6) is -2.48. The average molecular weight is 382 g/mol. The Morgan fingerprint density at radius 2 is 1.62 bits per heavy atom. The molecule has 0 saturated heterocycles. The number of benzene rings is 1. The molecule has 0 aromatic heterocycles. The van der Waals surface area contributed by atoms with Crippen molar-refractivity contribution in [1.29, 1.82) is 0 Å². The van der Waals surface area contributed by atoms with Crippen LogP contribution in [0.25, 0.3) is 0 Å². The Hall–Kier alpha value is -1.93. The molecule has 1 aliphatic rings. The zero-order valence-electron chi connectivity index (χ0n) is 15.1. The lowest BCUT2D eigenvalue weighted by Crippen LogP contribution is -2.36. The van der Waals surface area contributed by atoms with Gasteiger partial charge in [-0.15, -0.1) is 0 Å². The van der Waals surface area contributed by atoms with Crippen LogP contribution in [0.3, 0.4) is 0 Å². The molecule has 1 saturated carbocycles. The van der Waals surface area contributed by atoms with Crippen LogP contribution >= 0.6 is 0 Å². The zero-order valence-corrected chi connectivity index (χ0v) is 16.0. The SMILES string of the molecule is CCN(CC)S(=O)(=O)c1ccc(NC(=O)[C@H]2CCCC[C@H]2C(=O)O)cc1. The highest BCUT2D eigenvalue weighted by Gasteiger charge is 2.35. The fraction of sp³-hybridized carbons (Fsp3) is 0.556. The molecule has 0 unspecified atom stereocenters. The van der Waals surface area contributed by atoms with Crippen molar-refractivity contribution in [2.24, 2.45) is 11.8 Å². The van der Waals surface area contributed by atoms with E-state index >= 15 is 0 Å². The van der Waals surface area contributed by atoms with E-state index in [1.807, 2.05) is 0 Å². The van der Waals surface area contributed by atoms with E-state index in [0.29, 0.717) is 31.6 Å². The first-order chi connectivity index (χ1) is 12.3. The van der Waals surface area contributed by atoms with Crippen LogP contribution in [0.5, 0.6) is 0 Å². The largest absolute Gasteiger partial charge is 0.481 e. The van der Waals surface area contributed by atoms with Crippen LogP contribution in [-0.4, -0.2) is 42.8 Å². The van der Waals surface area contributed by atoms with Crippen LogP contribution in [0.4, 0.5) is 5.69 Å². The van der Waals surface area contributed by atoms with Crippen LogP contribution < -0.4 is 5.32 Å². The van der Waals surface area contributed by atoms with E-state index in [9.17, 15) is 23.1 Å². The molecule has 0 spiro atoms. The zero-order chi connectivity index (χ0) is 19.3. The predicted octanol–water partition coefficient (Wildman–Crippen LogP) is 2.55. The first kappa shape index (κ1) is 20.4. The number of carboxylic acids is 1. The van der Waals surface area contributed by atoms with Gasteiger partial charge in [0.25, 0.3) is 0 Å². The van der Waals surface area contributed by atoms with E-state index in [2.05, 4.69) is 5.32 Å². The second-order valence-electron chi connectivity index (χ2n) is 6.44. The maximum Gasteiger partial charge on any atom is 0.307 e. The molecule has 1 aromatic rings. The highest BCUT2D eigenvalue weighted by Crippen LogP contribution is 2.31. The first-order valence-electron chi connectivity index (χ1n) is 8.95. The monoisotopic (exact) mass is 382 g/mol. The molecule has 1 amide bonds. The van der Waals surface area contributed by atoms with Crippen molar-refractivity contribution in [2.75, 3.05) is 18.4 Å². The molecule has 0 aliphatic heterocycles. The number of carboxylic acid groups (broad SMARTS) is 1. The van der Waals surface area contributed by atoms with E-state index < -0.39 is 27.8 Å². The number of nitrogens with one attached hydrogen (secondary N) is 1. The van der Waals surface area contributed by atoms with Crippen LogP contribution in [0, 0.1) is 11.8 Å². The topological polar surface area (TPSA) is 104 Å². The summed E-state index contributed by atoms with van der Waals surface area (Å²) < 4.78 is 26.3. The number of nitrogens with zero attached hydrogens (tertiary/aromatic N) is 1. The third-order valence-electron chi connectivity index (χ3n) is 4.88. The van der Waals surface area contributed by atoms with Crippen LogP contribution in [0.2, 0.25) is 0 Å². The Labute approximate surface area is 154 Å². The second kappa shape index (κ2) is 8.64. The summed E-state index contributed by atoms with van der Waals surface area (Å²) in [5.41, 5.74) is 0.461. The molecule has 8 heteroatoms. The van der Waals surface area contributed by atoms with Gasteiger partial charge in [-0.1, -0.05) is 26.7 Å². The summed E-state index contributed by atoms with van der Waals surface area (Å²) in [6.45, 7) is 4.32. The predicted molar refractivity (Wildman–Crippen MR) is 98.3 cm³/mol. The molecule has 144 valence electrons. The van der Waals surface area contributed by atoms with E-state index in [4.69, 9.17) is 0 Å². The van der Waals surface area contributed by atoms with Gasteiger partial charge in [0.05, 0.1) is 16.7 Å². The summed E-state index contributed by atoms with van der Waals surface area (Å²) in [7, 11) is -3.54. The summed E-state index contributed by atoms with van der Waals surface area (Å²) in [6.07, 6.45) is 2.72. The average Bonchev–Trinajstić information content (AvgIpc) is 2.63. The Balaban J connectivity index is 2.11. The minimum absolute atomic E-state index is 0.167. The molecule has 2 rings (SSSR count). The minimum Gasteiger partial charge on any atom is -0.481 e. The Kier molecular flexibility index (Phi) is 6.77. The molecule has 26 heavy (non-hydrogen) atoms. The molecule has 0 heterocycles. The molecule has 1 fully saturated rings. The van der Waals surface area contributed by atoms with E-state index in [0.717, 1.165) is 12.8 Å². The first-order valence-corrected chi connectivity index (χ1v) is 10.4. The molecule has 2 N–H and O–H groups in total. The van der Waals surface area contributed by atoms with Crippen LogP contribution in [0.1, 0.15) is 39.5 Å². The smallest absolute Gasteiger partial charge is 0.307 e. The molecule has 0 radical (unpaired) electrons. The second-order valence-corrected chi connectivity index (χ2v) is 8.38. The van der Waals surface area contributed by atoms with Crippen LogP contribution in [-0.2, 0) is 19.6 Å². The number of anilines is 1. The highest BCUT2D eigenvalue weighted by molar-refractivity contribution is 7.89. The third kappa shape index (κ3) is 4.42. The molecular formula is C18H26N2O5S. The van der Waals surface area contributed by atoms with Crippen LogP contribution in [0.15, 0.2) is 29.2 Å². The lowest BCUT2D eigenvalue weighted by Gasteiger charge is -2.27. The quantitative estimate of drug-likeness (QED) is 0.754. The van der Waals surface area contributed by atoms with Crippen molar-refractivity contribution < 1.29 is 23.1 Å². The summed E-state index contributed by atoms with van der Waals surface area (Å²) >= 11 is 0. The van der Waals surface area contributed by atoms with Gasteiger partial charge in [-0.25, -0.2) is 8.42 Å². The lowest BCUT2D eigenvalue weighted by atomic mass is 9.78. The third-order valence-corrected chi connectivity index (χ3v) is 6.95. The normalized spacial score (nSPS) is 20.7. The number of carbonyl (C=O) groups excluding carboxylic acids is 1. The molecular weight excluding hydrogens is 356 g/mol. The molecule has 0 bridgehead atoms. The Bertz CT molecular complexity index is 741. The maximum absolute atomic E-state index is 12.5. The summed E-state index contributed by atoms with van der Waals surface area (Å²) in [5, 5.41) is 12.0. The minimum atomic E-state index is -3.54. The van der Waals surface area contributed by atoms with Crippen molar-refractivity contribution in [3.63, 3.8) is 0 Å². The van der Waals surface area contributed by atoms with E-state index in [-0.39, 0.29) is 10.8 Å². The van der Waals surface area contributed by atoms with E-state index in [1.165, 1.54) is 28.6 Å². The molecule has 2 atom stereocenters. The fourth-order valence-corrected chi connectivity index (χ4v) is 4.86. The van der Waals surface area contributed by atoms with Crippen molar-refractivity contribution >= 4 is 27.6 Å². The highest BCUT2D eigenvalue weighted by atomic mass is 32.2. The maximum atomic E-state index is 12.5. The van der Waals surface area contributed by atoms with Gasteiger partial charge in [0.15, 0.2) is 0 Å². The number of sulfonamides is 1. The van der Waals surface area contributed by atoms with Gasteiger partial charge in [0.1, 0.15) is 0 Å². The van der Waals surface area contributed by atoms with Crippen molar-refractivity contribution in [3.05, 3.63) is 24.3 Å². The van der Waals surface area contributed by atoms with Crippen molar-refractivity contribution in [3.8, 4) is 0 Å². The van der Waals surface area contributed by atoms with Gasteiger partial charge in [0, 0.05) is 18.8 Å².